The number of rotatable bonds is 5. The lowest BCUT2D eigenvalue weighted by Gasteiger charge is -2.39. The molecule has 1 fully saturated rings. The van der Waals surface area contributed by atoms with Crippen LogP contribution in [0.15, 0.2) is 18.2 Å². The lowest BCUT2D eigenvalue weighted by molar-refractivity contribution is 0.305. The van der Waals surface area contributed by atoms with Gasteiger partial charge in [-0.2, -0.15) is 4.31 Å². The number of hydrogen-bond donors (Lipinski definition) is 0. The summed E-state index contributed by atoms with van der Waals surface area (Å²) in [6, 6.07) is 5.69. The van der Waals surface area contributed by atoms with E-state index in [1.54, 1.807) is 0 Å². The maximum Gasteiger partial charge on any atom is 0.214 e. The van der Waals surface area contributed by atoms with Gasteiger partial charge in [0, 0.05) is 31.4 Å². The molecule has 0 spiro atoms. The summed E-state index contributed by atoms with van der Waals surface area (Å²) in [6.07, 6.45) is 0.0642. The van der Waals surface area contributed by atoms with Crippen LogP contribution >= 0.6 is 0 Å². The first-order valence-electron chi connectivity index (χ1n) is 7.18. The molecule has 1 saturated heterocycles. The third-order valence-corrected chi connectivity index (χ3v) is 5.72. The molecule has 2 rings (SSSR count). The van der Waals surface area contributed by atoms with E-state index in [0.29, 0.717) is 19.6 Å². The van der Waals surface area contributed by atoms with Gasteiger partial charge < -0.3 is 4.90 Å². The van der Waals surface area contributed by atoms with Crippen LogP contribution in [0.4, 0.5) is 10.2 Å². The molecule has 0 N–H and O–H groups in total. The van der Waals surface area contributed by atoms with Gasteiger partial charge in [-0.3, -0.25) is 4.39 Å². The third-order valence-electron chi connectivity index (χ3n) is 3.66. The highest BCUT2D eigenvalue weighted by molar-refractivity contribution is 7.89. The van der Waals surface area contributed by atoms with Crippen LogP contribution in [-0.4, -0.2) is 55.8 Å². The van der Waals surface area contributed by atoms with E-state index in [1.807, 2.05) is 32.0 Å². The molecular weight excluding hydrogens is 293 g/mol. The van der Waals surface area contributed by atoms with Crippen LogP contribution in [-0.2, 0) is 10.0 Å². The van der Waals surface area contributed by atoms with Gasteiger partial charge in [0.05, 0.1) is 12.4 Å². The Morgan fingerprint density at radius 3 is 2.76 bits per heavy atom. The van der Waals surface area contributed by atoms with Crippen molar-refractivity contribution in [1.29, 1.82) is 0 Å². The van der Waals surface area contributed by atoms with Crippen LogP contribution in [0.1, 0.15) is 19.0 Å². The Kier molecular flexibility index (Phi) is 5.16. The lowest BCUT2D eigenvalue weighted by atomic mass is 10.2. The number of hydrogen-bond acceptors (Lipinski definition) is 4. The summed E-state index contributed by atoms with van der Waals surface area (Å²) < 4.78 is 38.1. The molecule has 7 heteroatoms. The fraction of sp³-hybridized carbons (Fsp3) is 0.643. The van der Waals surface area contributed by atoms with Crippen molar-refractivity contribution in [1.82, 2.24) is 9.29 Å². The van der Waals surface area contributed by atoms with E-state index >= 15 is 0 Å². The summed E-state index contributed by atoms with van der Waals surface area (Å²) in [6.45, 7) is 4.85. The predicted molar refractivity (Wildman–Crippen MR) is 81.7 cm³/mol. The predicted octanol–water partition coefficient (Wildman–Crippen LogP) is 1.59. The van der Waals surface area contributed by atoms with Crippen LogP contribution in [0, 0.1) is 6.92 Å². The zero-order chi connectivity index (χ0) is 15.5. The minimum absolute atomic E-state index is 0.0642. The van der Waals surface area contributed by atoms with Gasteiger partial charge in [0.25, 0.3) is 0 Å². The smallest absolute Gasteiger partial charge is 0.214 e. The maximum absolute atomic E-state index is 12.2. The summed E-state index contributed by atoms with van der Waals surface area (Å²) in [5.74, 6) is 0.763. The molecule has 118 valence electrons. The SMILES string of the molecule is Cc1cccc(N2CCN(S(=O)(=O)CCCF)[C@@H](C)C2)n1. The second-order valence-corrected chi connectivity index (χ2v) is 7.44. The molecule has 21 heavy (non-hydrogen) atoms. The van der Waals surface area contributed by atoms with Crippen LogP contribution in [0.5, 0.6) is 0 Å². The zero-order valence-electron chi connectivity index (χ0n) is 12.5. The Labute approximate surface area is 125 Å². The Balaban J connectivity index is 2.05. The van der Waals surface area contributed by atoms with Crippen LogP contribution in [0.2, 0.25) is 0 Å². The monoisotopic (exact) mass is 315 g/mol. The third kappa shape index (κ3) is 3.91. The van der Waals surface area contributed by atoms with E-state index in [0.717, 1.165) is 11.5 Å². The van der Waals surface area contributed by atoms with E-state index in [9.17, 15) is 12.8 Å². The van der Waals surface area contributed by atoms with Crippen molar-refractivity contribution >= 4 is 15.8 Å². The highest BCUT2D eigenvalue weighted by Crippen LogP contribution is 2.20. The number of nitrogens with zero attached hydrogens (tertiary/aromatic N) is 3. The second-order valence-electron chi connectivity index (χ2n) is 5.40. The molecule has 2 heterocycles. The average Bonchev–Trinajstić information content (AvgIpc) is 2.45. The Bertz CT molecular complexity index is 579. The topological polar surface area (TPSA) is 53.5 Å². The number of aryl methyl sites for hydroxylation is 1. The summed E-state index contributed by atoms with van der Waals surface area (Å²) in [5, 5.41) is 0. The average molecular weight is 315 g/mol. The number of anilines is 1. The molecule has 0 unspecified atom stereocenters. The van der Waals surface area contributed by atoms with Gasteiger partial charge in [0.2, 0.25) is 10.0 Å². The Morgan fingerprint density at radius 1 is 1.38 bits per heavy atom. The minimum Gasteiger partial charge on any atom is -0.354 e. The first-order chi connectivity index (χ1) is 9.94. The summed E-state index contributed by atoms with van der Waals surface area (Å²) >= 11 is 0. The van der Waals surface area contributed by atoms with Crippen molar-refractivity contribution in [3.05, 3.63) is 23.9 Å². The molecule has 1 atom stereocenters. The van der Waals surface area contributed by atoms with Gasteiger partial charge in [0.1, 0.15) is 5.82 Å². The quantitative estimate of drug-likeness (QED) is 0.828. The molecular formula is C14H22FN3O2S. The number of sulfonamides is 1. The summed E-state index contributed by atoms with van der Waals surface area (Å²) in [7, 11) is -3.36. The molecule has 0 aromatic carbocycles. The van der Waals surface area contributed by atoms with Crippen molar-refractivity contribution in [2.75, 3.05) is 37.0 Å². The molecule has 0 aliphatic carbocycles. The molecule has 0 radical (unpaired) electrons. The van der Waals surface area contributed by atoms with Crippen LogP contribution < -0.4 is 4.90 Å². The van der Waals surface area contributed by atoms with Gasteiger partial charge in [-0.25, -0.2) is 13.4 Å². The highest BCUT2D eigenvalue weighted by Gasteiger charge is 2.32. The first kappa shape index (κ1) is 16.2. The van der Waals surface area contributed by atoms with E-state index in [2.05, 4.69) is 9.88 Å². The maximum atomic E-state index is 12.2. The van der Waals surface area contributed by atoms with Crippen molar-refractivity contribution in [3.63, 3.8) is 0 Å². The second kappa shape index (κ2) is 6.70. The number of pyridine rings is 1. The zero-order valence-corrected chi connectivity index (χ0v) is 13.3. The fourth-order valence-electron chi connectivity index (χ4n) is 2.62. The summed E-state index contributed by atoms with van der Waals surface area (Å²) in [5.41, 5.74) is 0.943. The van der Waals surface area contributed by atoms with Crippen molar-refractivity contribution in [2.45, 2.75) is 26.3 Å². The Hall–Kier alpha value is -1.21. The summed E-state index contributed by atoms with van der Waals surface area (Å²) in [4.78, 5) is 6.57. The van der Waals surface area contributed by atoms with E-state index in [1.165, 1.54) is 4.31 Å². The largest absolute Gasteiger partial charge is 0.354 e. The Morgan fingerprint density at radius 2 is 2.14 bits per heavy atom. The van der Waals surface area contributed by atoms with Crippen molar-refractivity contribution < 1.29 is 12.8 Å². The van der Waals surface area contributed by atoms with Gasteiger partial charge in [-0.15, -0.1) is 0 Å². The number of aromatic nitrogens is 1. The molecule has 5 nitrogen and oxygen atoms in total. The normalized spacial score (nSPS) is 20.7. The number of piperazine rings is 1. The van der Waals surface area contributed by atoms with Gasteiger partial charge >= 0.3 is 0 Å². The van der Waals surface area contributed by atoms with E-state index < -0.39 is 16.7 Å². The number of alkyl halides is 1. The van der Waals surface area contributed by atoms with Crippen LogP contribution in [0.3, 0.4) is 0 Å². The number of halogens is 1. The van der Waals surface area contributed by atoms with Gasteiger partial charge in [-0.05, 0) is 32.4 Å². The molecule has 0 amide bonds. The molecule has 0 bridgehead atoms. The molecule has 1 aromatic heterocycles. The van der Waals surface area contributed by atoms with Crippen LogP contribution in [0.25, 0.3) is 0 Å². The molecule has 0 saturated carbocycles. The van der Waals surface area contributed by atoms with E-state index in [4.69, 9.17) is 0 Å². The van der Waals surface area contributed by atoms with Crippen molar-refractivity contribution in [2.24, 2.45) is 0 Å². The highest BCUT2D eigenvalue weighted by atomic mass is 32.2. The molecule has 1 aliphatic rings. The fourth-order valence-corrected chi connectivity index (χ4v) is 4.30. The first-order valence-corrected chi connectivity index (χ1v) is 8.79. The lowest BCUT2D eigenvalue weighted by Crippen LogP contribution is -2.54. The minimum atomic E-state index is -3.36. The molecule has 1 aliphatic heterocycles. The van der Waals surface area contributed by atoms with Crippen molar-refractivity contribution in [3.8, 4) is 0 Å². The van der Waals surface area contributed by atoms with Gasteiger partial charge in [-0.1, -0.05) is 6.07 Å². The van der Waals surface area contributed by atoms with Gasteiger partial charge in [0.15, 0.2) is 0 Å². The van der Waals surface area contributed by atoms with E-state index in [-0.39, 0.29) is 18.2 Å². The molecule has 1 aromatic rings. The standard InChI is InChI=1S/C14H22FN3O2S/c1-12-5-3-6-14(16-12)17-8-9-18(13(2)11-17)21(19,20)10-4-7-15/h3,5-6,13H,4,7-11H2,1-2H3/t13-/m0/s1.